The Labute approximate surface area is 184 Å². The third kappa shape index (κ3) is 5.22. The first-order valence-electron chi connectivity index (χ1n) is 11.1. The number of hydrogen-bond donors (Lipinski definition) is 1. The van der Waals surface area contributed by atoms with Crippen LogP contribution in [-0.4, -0.2) is 26.3 Å². The van der Waals surface area contributed by atoms with Gasteiger partial charge in [-0.25, -0.2) is 0 Å². The molecule has 3 aromatic rings. The summed E-state index contributed by atoms with van der Waals surface area (Å²) in [6, 6.07) is 11.9. The van der Waals surface area contributed by atoms with Crippen LogP contribution in [-0.2, 0) is 6.42 Å². The van der Waals surface area contributed by atoms with E-state index in [1.807, 2.05) is 12.1 Å². The third-order valence-corrected chi connectivity index (χ3v) is 5.72. The lowest BCUT2D eigenvalue weighted by molar-refractivity contribution is 0.396. The Hall–Kier alpha value is -2.95. The van der Waals surface area contributed by atoms with Gasteiger partial charge in [0.2, 0.25) is 5.43 Å². The summed E-state index contributed by atoms with van der Waals surface area (Å²) in [5, 5.41) is 0.448. The van der Waals surface area contributed by atoms with Crippen molar-refractivity contribution in [2.45, 2.75) is 51.9 Å². The number of nitrogens with one attached hydrogen (secondary N) is 1. The van der Waals surface area contributed by atoms with Crippen LogP contribution in [0, 0.1) is 0 Å². The summed E-state index contributed by atoms with van der Waals surface area (Å²) in [5.41, 5.74) is 3.31. The molecule has 2 aromatic carbocycles. The number of ether oxygens (including phenoxy) is 3. The number of hydrogen-bond acceptors (Lipinski definition) is 4. The van der Waals surface area contributed by atoms with Crippen molar-refractivity contribution >= 4 is 10.9 Å². The Balaban J connectivity index is 1.89. The van der Waals surface area contributed by atoms with Gasteiger partial charge in [-0.05, 0) is 18.4 Å². The zero-order chi connectivity index (χ0) is 22.2. The van der Waals surface area contributed by atoms with Crippen LogP contribution in [0.25, 0.3) is 22.2 Å². The fraction of sp³-hybridized carbons (Fsp3) is 0.423. The summed E-state index contributed by atoms with van der Waals surface area (Å²) in [6.07, 6.45) is 8.82. The van der Waals surface area contributed by atoms with Crippen LogP contribution in [0.4, 0.5) is 0 Å². The second-order valence-electron chi connectivity index (χ2n) is 7.83. The lowest BCUT2D eigenvalue weighted by Crippen LogP contribution is -2.11. The minimum Gasteiger partial charge on any atom is -0.497 e. The van der Waals surface area contributed by atoms with Gasteiger partial charge in [-0.1, -0.05) is 63.3 Å². The number of H-pyrrole nitrogens is 1. The monoisotopic (exact) mass is 423 g/mol. The molecule has 0 spiro atoms. The minimum atomic E-state index is -0.207. The topological polar surface area (TPSA) is 60.5 Å². The molecular formula is C26H33NO4. The zero-order valence-electron chi connectivity index (χ0n) is 19.0. The predicted molar refractivity (Wildman–Crippen MR) is 127 cm³/mol. The number of fused-ring (bicyclic) bond motifs is 1. The summed E-state index contributed by atoms with van der Waals surface area (Å²) in [4.78, 5) is 16.5. The molecular weight excluding hydrogens is 390 g/mol. The van der Waals surface area contributed by atoms with E-state index in [-0.39, 0.29) is 11.2 Å². The van der Waals surface area contributed by atoms with E-state index in [0.717, 1.165) is 12.0 Å². The molecule has 166 valence electrons. The fourth-order valence-electron chi connectivity index (χ4n) is 3.97. The highest BCUT2D eigenvalue weighted by atomic mass is 16.5. The third-order valence-electron chi connectivity index (χ3n) is 5.72. The molecule has 5 nitrogen and oxygen atoms in total. The first-order valence-corrected chi connectivity index (χ1v) is 11.1. The quantitative estimate of drug-likeness (QED) is 0.377. The van der Waals surface area contributed by atoms with Crippen LogP contribution in [0.2, 0.25) is 0 Å². The van der Waals surface area contributed by atoms with Gasteiger partial charge in [-0.3, -0.25) is 4.79 Å². The molecule has 0 aliphatic carbocycles. The molecule has 0 bridgehead atoms. The molecule has 0 radical (unpaired) electrons. The largest absolute Gasteiger partial charge is 0.497 e. The van der Waals surface area contributed by atoms with Gasteiger partial charge in [0, 0.05) is 17.7 Å². The summed E-state index contributed by atoms with van der Waals surface area (Å²) < 4.78 is 16.3. The molecule has 0 unspecified atom stereocenters. The maximum atomic E-state index is 13.2. The van der Waals surface area contributed by atoms with Gasteiger partial charge in [0.1, 0.15) is 11.5 Å². The molecule has 0 saturated carbocycles. The molecule has 0 fully saturated rings. The molecule has 1 aromatic heterocycles. The molecule has 0 aliphatic heterocycles. The fourth-order valence-corrected chi connectivity index (χ4v) is 3.97. The maximum Gasteiger partial charge on any atom is 0.235 e. The van der Waals surface area contributed by atoms with Gasteiger partial charge in [-0.2, -0.15) is 0 Å². The van der Waals surface area contributed by atoms with Crippen LogP contribution in [0.5, 0.6) is 17.2 Å². The van der Waals surface area contributed by atoms with Crippen molar-refractivity contribution in [3.8, 4) is 28.5 Å². The van der Waals surface area contributed by atoms with E-state index in [9.17, 15) is 4.79 Å². The smallest absolute Gasteiger partial charge is 0.235 e. The van der Waals surface area contributed by atoms with Crippen LogP contribution >= 0.6 is 0 Å². The zero-order valence-corrected chi connectivity index (χ0v) is 19.0. The van der Waals surface area contributed by atoms with Crippen LogP contribution in [0.1, 0.15) is 51.0 Å². The Morgan fingerprint density at radius 2 is 1.55 bits per heavy atom. The number of aromatic nitrogens is 1. The summed E-state index contributed by atoms with van der Waals surface area (Å²) in [5.74, 6) is 1.35. The van der Waals surface area contributed by atoms with E-state index in [1.54, 1.807) is 19.2 Å². The van der Waals surface area contributed by atoms with E-state index in [2.05, 4.69) is 24.0 Å². The molecule has 0 saturated heterocycles. The van der Waals surface area contributed by atoms with Crippen molar-refractivity contribution in [2.75, 3.05) is 21.3 Å². The van der Waals surface area contributed by atoms with E-state index in [4.69, 9.17) is 14.2 Å². The van der Waals surface area contributed by atoms with Gasteiger partial charge < -0.3 is 19.2 Å². The summed E-state index contributed by atoms with van der Waals surface area (Å²) in [7, 11) is 4.64. The van der Waals surface area contributed by atoms with Crippen molar-refractivity contribution in [3.05, 3.63) is 52.2 Å². The van der Waals surface area contributed by atoms with Gasteiger partial charge in [0.15, 0.2) is 5.75 Å². The van der Waals surface area contributed by atoms with Gasteiger partial charge in [0.25, 0.3) is 0 Å². The standard InChI is InChI=1S/C26H33NO4/c1-5-6-7-8-9-10-11-18-12-14-19(15-13-18)24-26(31-4)25(28)23-21(27-24)16-20(29-2)17-22(23)30-3/h12-17H,5-11H2,1-4H3,(H,27,28). The lowest BCUT2D eigenvalue weighted by Gasteiger charge is -2.14. The molecule has 31 heavy (non-hydrogen) atoms. The van der Waals surface area contributed by atoms with Gasteiger partial charge >= 0.3 is 0 Å². The predicted octanol–water partition coefficient (Wildman–Crippen LogP) is 6.12. The highest BCUT2D eigenvalue weighted by Crippen LogP contribution is 2.33. The van der Waals surface area contributed by atoms with E-state index in [0.29, 0.717) is 28.1 Å². The molecule has 0 aliphatic rings. The van der Waals surface area contributed by atoms with Gasteiger partial charge in [0.05, 0.1) is 37.9 Å². The van der Waals surface area contributed by atoms with Crippen molar-refractivity contribution in [2.24, 2.45) is 0 Å². The minimum absolute atomic E-state index is 0.207. The molecule has 3 rings (SSSR count). The average molecular weight is 424 g/mol. The average Bonchev–Trinajstić information content (AvgIpc) is 2.80. The molecule has 1 heterocycles. The Kier molecular flexibility index (Phi) is 7.99. The molecule has 1 N–H and O–H groups in total. The number of pyridine rings is 1. The van der Waals surface area contributed by atoms with E-state index in [1.165, 1.54) is 58.3 Å². The highest BCUT2D eigenvalue weighted by molar-refractivity contribution is 5.90. The molecule has 0 atom stereocenters. The molecule has 0 amide bonds. The van der Waals surface area contributed by atoms with Crippen LogP contribution in [0.3, 0.4) is 0 Å². The van der Waals surface area contributed by atoms with Crippen molar-refractivity contribution in [3.63, 3.8) is 0 Å². The summed E-state index contributed by atoms with van der Waals surface area (Å²) >= 11 is 0. The maximum absolute atomic E-state index is 13.2. The Bertz CT molecular complexity index is 1050. The number of unbranched alkanes of at least 4 members (excludes halogenated alkanes) is 5. The number of benzene rings is 2. The van der Waals surface area contributed by atoms with Crippen LogP contribution in [0.15, 0.2) is 41.2 Å². The number of aromatic amines is 1. The van der Waals surface area contributed by atoms with Crippen molar-refractivity contribution in [1.29, 1.82) is 0 Å². The highest BCUT2D eigenvalue weighted by Gasteiger charge is 2.18. The van der Waals surface area contributed by atoms with Crippen molar-refractivity contribution < 1.29 is 14.2 Å². The Morgan fingerprint density at radius 3 is 2.19 bits per heavy atom. The van der Waals surface area contributed by atoms with Crippen LogP contribution < -0.4 is 19.6 Å². The summed E-state index contributed by atoms with van der Waals surface area (Å²) in [6.45, 7) is 2.24. The number of aryl methyl sites for hydroxylation is 1. The lowest BCUT2D eigenvalue weighted by atomic mass is 10.0. The number of methoxy groups -OCH3 is 3. The van der Waals surface area contributed by atoms with E-state index < -0.39 is 0 Å². The normalized spacial score (nSPS) is 11.0. The van der Waals surface area contributed by atoms with Crippen molar-refractivity contribution in [1.82, 2.24) is 4.98 Å². The SMILES string of the molecule is CCCCCCCCc1ccc(-c2[nH]c3cc(OC)cc(OC)c3c(=O)c2OC)cc1. The number of rotatable bonds is 11. The van der Waals surface area contributed by atoms with Gasteiger partial charge in [-0.15, -0.1) is 0 Å². The first kappa shape index (κ1) is 22.7. The Morgan fingerprint density at radius 1 is 0.839 bits per heavy atom. The second kappa shape index (κ2) is 10.9. The first-order chi connectivity index (χ1) is 15.1. The van der Waals surface area contributed by atoms with E-state index >= 15 is 0 Å². The second-order valence-corrected chi connectivity index (χ2v) is 7.83. The molecule has 5 heteroatoms.